The summed E-state index contributed by atoms with van der Waals surface area (Å²) in [6.45, 7) is 5.89. The highest BCUT2D eigenvalue weighted by Gasteiger charge is 2.40. The monoisotopic (exact) mass is 622 g/mol. The Hall–Kier alpha value is -5.01. The zero-order valence-electron chi connectivity index (χ0n) is 25.4. The van der Waals surface area contributed by atoms with Gasteiger partial charge in [0.2, 0.25) is 11.8 Å². The summed E-state index contributed by atoms with van der Waals surface area (Å²) in [6, 6.07) is 17.2. The molecule has 0 spiro atoms. The zero-order chi connectivity index (χ0) is 32.4. The molecule has 3 aliphatic heterocycles. The van der Waals surface area contributed by atoms with Crippen molar-refractivity contribution in [3.8, 4) is 11.8 Å². The zero-order valence-corrected chi connectivity index (χ0v) is 25.4. The fourth-order valence-electron chi connectivity index (χ4n) is 6.89. The van der Waals surface area contributed by atoms with Gasteiger partial charge in [-0.25, -0.2) is 4.39 Å². The maximum absolute atomic E-state index is 14.2. The van der Waals surface area contributed by atoms with E-state index >= 15 is 0 Å². The highest BCUT2D eigenvalue weighted by atomic mass is 19.1. The van der Waals surface area contributed by atoms with E-state index in [9.17, 15) is 23.9 Å². The Labute approximate surface area is 266 Å². The molecule has 3 aliphatic rings. The molecule has 46 heavy (non-hydrogen) atoms. The summed E-state index contributed by atoms with van der Waals surface area (Å²) in [6.07, 6.45) is 3.91. The summed E-state index contributed by atoms with van der Waals surface area (Å²) in [5.74, 6) is -0.833. The van der Waals surface area contributed by atoms with Gasteiger partial charge in [0.25, 0.3) is 5.91 Å². The van der Waals surface area contributed by atoms with Crippen molar-refractivity contribution >= 4 is 29.5 Å². The molecule has 2 fully saturated rings. The Morgan fingerprint density at radius 2 is 1.91 bits per heavy atom. The minimum atomic E-state index is -0.698. The second kappa shape index (κ2) is 13.2. The number of ether oxygens (including phenoxy) is 1. The molecule has 2 atom stereocenters. The molecule has 0 bridgehead atoms. The maximum atomic E-state index is 14.2. The molecule has 3 aromatic rings. The number of carbonyl (C=O) groups is 3. The van der Waals surface area contributed by atoms with Crippen molar-refractivity contribution in [3.63, 3.8) is 0 Å². The van der Waals surface area contributed by atoms with E-state index in [4.69, 9.17) is 10.00 Å². The summed E-state index contributed by atoms with van der Waals surface area (Å²) in [5.41, 5.74) is 4.78. The molecule has 0 saturated carbocycles. The highest BCUT2D eigenvalue weighted by Crippen LogP contribution is 2.37. The molecular weight excluding hydrogens is 587 g/mol. The minimum Gasteiger partial charge on any atom is -0.489 e. The van der Waals surface area contributed by atoms with E-state index in [0.717, 1.165) is 48.3 Å². The van der Waals surface area contributed by atoms with Gasteiger partial charge in [0, 0.05) is 42.2 Å². The van der Waals surface area contributed by atoms with Crippen LogP contribution < -0.4 is 15.0 Å². The molecule has 2 N–H and O–H groups in total. The van der Waals surface area contributed by atoms with Crippen molar-refractivity contribution in [1.82, 2.24) is 10.2 Å². The van der Waals surface area contributed by atoms with Crippen LogP contribution in [0.5, 0.6) is 5.75 Å². The summed E-state index contributed by atoms with van der Waals surface area (Å²) >= 11 is 0. The van der Waals surface area contributed by atoms with E-state index in [1.54, 1.807) is 24.3 Å². The maximum Gasteiger partial charge on any atom is 0.255 e. The normalized spacial score (nSPS) is 19.0. The third kappa shape index (κ3) is 5.98. The number of imide groups is 1. The smallest absolute Gasteiger partial charge is 0.255 e. The number of aliphatic hydroxyl groups excluding tert-OH is 1. The number of nitrogens with zero attached hydrogens (tertiary/aromatic N) is 3. The number of carbonyl (C=O) groups excluding carboxylic acids is 3. The van der Waals surface area contributed by atoms with E-state index in [2.05, 4.69) is 16.8 Å². The van der Waals surface area contributed by atoms with Crippen molar-refractivity contribution in [2.24, 2.45) is 5.92 Å². The first-order valence-corrected chi connectivity index (χ1v) is 15.5. The minimum absolute atomic E-state index is 0.00352. The number of benzene rings is 3. The van der Waals surface area contributed by atoms with Crippen LogP contribution in [-0.4, -0.2) is 53.5 Å². The van der Waals surface area contributed by atoms with E-state index < -0.39 is 17.8 Å². The number of fused-ring (bicyclic) bond motifs is 1. The molecule has 0 aromatic heterocycles. The van der Waals surface area contributed by atoms with E-state index in [0.29, 0.717) is 23.3 Å². The van der Waals surface area contributed by atoms with E-state index in [-0.39, 0.29) is 55.4 Å². The van der Waals surface area contributed by atoms with Gasteiger partial charge in [0.15, 0.2) is 0 Å². The summed E-state index contributed by atoms with van der Waals surface area (Å²) in [7, 11) is 0. The predicted octanol–water partition coefficient (Wildman–Crippen LogP) is 4.67. The van der Waals surface area contributed by atoms with E-state index in [1.165, 1.54) is 17.0 Å². The van der Waals surface area contributed by atoms with Crippen molar-refractivity contribution < 1.29 is 28.6 Å². The molecule has 0 radical (unpaired) electrons. The van der Waals surface area contributed by atoms with Crippen molar-refractivity contribution in [1.29, 1.82) is 5.26 Å². The molecule has 2 saturated heterocycles. The van der Waals surface area contributed by atoms with Gasteiger partial charge in [0.05, 0.1) is 18.7 Å². The van der Waals surface area contributed by atoms with E-state index in [1.807, 2.05) is 30.3 Å². The number of aliphatic hydroxyl groups is 1. The fourth-order valence-corrected chi connectivity index (χ4v) is 6.89. The van der Waals surface area contributed by atoms with Crippen molar-refractivity contribution in [2.45, 2.75) is 50.8 Å². The third-order valence-corrected chi connectivity index (χ3v) is 9.48. The number of anilines is 1. The van der Waals surface area contributed by atoms with Gasteiger partial charge < -0.3 is 19.6 Å². The van der Waals surface area contributed by atoms with Gasteiger partial charge in [-0.1, -0.05) is 36.9 Å². The predicted molar refractivity (Wildman–Crippen MR) is 169 cm³/mol. The fraction of sp³-hybridized carbons (Fsp3) is 0.333. The first-order valence-electron chi connectivity index (χ1n) is 15.5. The highest BCUT2D eigenvalue weighted by molar-refractivity contribution is 6.05. The standard InChI is InChI=1S/C36H35FN4O5/c1-2-22-16-24(30(20-42)23-12-14-40(15-13-23)27-9-8-25(18-38)31(37)17-27)6-7-26(22)21-46-33-5-3-4-28-29(33)19-41(36(28)45)32-10-11-34(43)39-35(32)44/h2-9,16-17,23,30,32,42H,1,10-15,19-21H2,(H,39,43,44)/t30?,32-/m0/s1. The molecule has 0 aliphatic carbocycles. The van der Waals surface area contributed by atoms with Crippen LogP contribution >= 0.6 is 0 Å². The lowest BCUT2D eigenvalue weighted by atomic mass is 9.79. The molecular formula is C36H35FN4O5. The Morgan fingerprint density at radius 3 is 2.61 bits per heavy atom. The average molecular weight is 623 g/mol. The first-order chi connectivity index (χ1) is 22.3. The molecule has 3 amide bonds. The molecule has 6 rings (SSSR count). The summed E-state index contributed by atoms with van der Waals surface area (Å²) in [4.78, 5) is 40.9. The number of hydrogen-bond acceptors (Lipinski definition) is 7. The molecule has 9 nitrogen and oxygen atoms in total. The second-order valence-corrected chi connectivity index (χ2v) is 12.0. The Morgan fingerprint density at radius 1 is 1.11 bits per heavy atom. The number of rotatable bonds is 9. The van der Waals surface area contributed by atoms with Gasteiger partial charge in [-0.3, -0.25) is 19.7 Å². The lowest BCUT2D eigenvalue weighted by Gasteiger charge is -2.37. The third-order valence-electron chi connectivity index (χ3n) is 9.48. The van der Waals surface area contributed by atoms with Crippen molar-refractivity contribution in [3.05, 3.63) is 100 Å². The largest absolute Gasteiger partial charge is 0.489 e. The Balaban J connectivity index is 1.12. The van der Waals surface area contributed by atoms with Crippen LogP contribution in [-0.2, 0) is 22.7 Å². The lowest BCUT2D eigenvalue weighted by Crippen LogP contribution is -2.52. The molecule has 1 unspecified atom stereocenters. The number of nitriles is 1. The summed E-state index contributed by atoms with van der Waals surface area (Å²) in [5, 5.41) is 21.8. The Bertz CT molecular complexity index is 1740. The number of hydrogen-bond donors (Lipinski definition) is 2. The van der Waals surface area contributed by atoms with Gasteiger partial charge in [-0.05, 0) is 72.2 Å². The number of halogens is 1. The van der Waals surface area contributed by atoms with Crippen LogP contribution in [0.15, 0.2) is 61.2 Å². The van der Waals surface area contributed by atoms with Crippen LogP contribution in [0.1, 0.15) is 69.8 Å². The topological polar surface area (TPSA) is 123 Å². The van der Waals surface area contributed by atoms with Crippen LogP contribution in [0, 0.1) is 23.1 Å². The molecule has 236 valence electrons. The number of piperidine rings is 2. The van der Waals surface area contributed by atoms with Crippen LogP contribution in [0.4, 0.5) is 10.1 Å². The quantitative estimate of drug-likeness (QED) is 0.333. The summed E-state index contributed by atoms with van der Waals surface area (Å²) < 4.78 is 20.4. The molecule has 3 heterocycles. The molecule has 3 aromatic carbocycles. The average Bonchev–Trinajstić information content (AvgIpc) is 3.41. The van der Waals surface area contributed by atoms with Gasteiger partial charge in [-0.2, -0.15) is 5.26 Å². The van der Waals surface area contributed by atoms with Gasteiger partial charge in [-0.15, -0.1) is 0 Å². The first kappa shape index (κ1) is 31.0. The SMILES string of the molecule is C=Cc1cc(C(CO)C2CCN(c3ccc(C#N)c(F)c3)CC2)ccc1COc1cccc2c1CN([C@H]1CCC(=O)NC1=O)C2=O. The van der Waals surface area contributed by atoms with Crippen LogP contribution in [0.2, 0.25) is 0 Å². The lowest BCUT2D eigenvalue weighted by molar-refractivity contribution is -0.136. The number of nitrogens with one attached hydrogen (secondary N) is 1. The van der Waals surface area contributed by atoms with Crippen LogP contribution in [0.25, 0.3) is 6.08 Å². The molecule has 10 heteroatoms. The van der Waals surface area contributed by atoms with Crippen molar-refractivity contribution in [2.75, 3.05) is 24.6 Å². The number of amides is 3. The van der Waals surface area contributed by atoms with Gasteiger partial charge >= 0.3 is 0 Å². The second-order valence-electron chi connectivity index (χ2n) is 12.0. The van der Waals surface area contributed by atoms with Gasteiger partial charge in [0.1, 0.15) is 30.3 Å². The Kier molecular flexibility index (Phi) is 8.86. The van der Waals surface area contributed by atoms with Crippen LogP contribution in [0.3, 0.4) is 0 Å².